The maximum Gasteiger partial charge on any atom is 0.248 e. The van der Waals surface area contributed by atoms with Crippen LogP contribution in [0.1, 0.15) is 22.7 Å². The molecule has 0 atom stereocenters. The number of ether oxygens (including phenoxy) is 1. The fourth-order valence-corrected chi connectivity index (χ4v) is 3.35. The second kappa shape index (κ2) is 8.63. The Morgan fingerprint density at radius 1 is 0.839 bits per heavy atom. The lowest BCUT2D eigenvalue weighted by Gasteiger charge is -2.09. The number of nitrogens with zero attached hydrogens (tertiary/aromatic N) is 3. The Kier molecular flexibility index (Phi) is 5.22. The van der Waals surface area contributed by atoms with E-state index in [0.717, 1.165) is 39.0 Å². The van der Waals surface area contributed by atoms with E-state index in [9.17, 15) is 0 Å². The third-order valence-electron chi connectivity index (χ3n) is 4.91. The van der Waals surface area contributed by atoms with Gasteiger partial charge in [-0.05, 0) is 41.5 Å². The highest BCUT2D eigenvalue weighted by atomic mass is 16.5. The van der Waals surface area contributed by atoms with E-state index in [1.54, 1.807) is 0 Å². The van der Waals surface area contributed by atoms with Crippen LogP contribution in [0.3, 0.4) is 0 Å². The minimum atomic E-state index is 0.403. The number of fused-ring (bicyclic) bond motifs is 1. The van der Waals surface area contributed by atoms with Crippen LogP contribution in [0.5, 0.6) is 5.75 Å². The van der Waals surface area contributed by atoms with E-state index in [4.69, 9.17) is 9.15 Å². The van der Waals surface area contributed by atoms with Gasteiger partial charge in [0.25, 0.3) is 0 Å². The van der Waals surface area contributed by atoms with Crippen LogP contribution in [0.15, 0.2) is 102 Å². The molecular formula is C26H19N3O2. The highest BCUT2D eigenvalue weighted by Crippen LogP contribution is 2.26. The molecule has 0 aliphatic rings. The smallest absolute Gasteiger partial charge is 0.248 e. The van der Waals surface area contributed by atoms with Crippen molar-refractivity contribution in [2.24, 2.45) is 0 Å². The molecule has 0 amide bonds. The maximum absolute atomic E-state index is 5.95. The monoisotopic (exact) mass is 405 g/mol. The molecule has 0 fully saturated rings. The minimum Gasteiger partial charge on any atom is -0.487 e. The Balaban J connectivity index is 1.35. The Hall–Kier alpha value is -4.25. The van der Waals surface area contributed by atoms with Crippen LogP contribution in [-0.2, 0) is 6.61 Å². The van der Waals surface area contributed by atoms with Gasteiger partial charge in [0.1, 0.15) is 12.4 Å². The van der Waals surface area contributed by atoms with E-state index < -0.39 is 0 Å². The lowest BCUT2D eigenvalue weighted by molar-refractivity contribution is 0.302. The molecule has 5 heteroatoms. The molecule has 5 rings (SSSR count). The molecule has 2 aromatic heterocycles. The molecule has 5 nitrogen and oxygen atoms in total. The lowest BCUT2D eigenvalue weighted by atomic mass is 10.0. The van der Waals surface area contributed by atoms with Crippen molar-refractivity contribution in [2.45, 2.75) is 6.61 Å². The van der Waals surface area contributed by atoms with Crippen LogP contribution in [0.4, 0.5) is 0 Å². The van der Waals surface area contributed by atoms with Gasteiger partial charge in [-0.2, -0.15) is 0 Å². The molecule has 0 unspecified atom stereocenters. The van der Waals surface area contributed by atoms with Crippen molar-refractivity contribution >= 4 is 22.6 Å². The second-order valence-electron chi connectivity index (χ2n) is 7.02. The van der Waals surface area contributed by atoms with Crippen LogP contribution >= 0.6 is 0 Å². The molecule has 0 saturated carbocycles. The van der Waals surface area contributed by atoms with E-state index in [0.29, 0.717) is 12.5 Å². The average Bonchev–Trinajstić information content (AvgIpc) is 3.37. The number of aromatic nitrogens is 3. The van der Waals surface area contributed by atoms with Crippen molar-refractivity contribution in [3.8, 4) is 5.75 Å². The van der Waals surface area contributed by atoms with Gasteiger partial charge in [0, 0.05) is 11.0 Å². The summed E-state index contributed by atoms with van der Waals surface area (Å²) in [6.07, 6.45) is 3.37. The third kappa shape index (κ3) is 4.36. The van der Waals surface area contributed by atoms with Crippen LogP contribution in [0, 0.1) is 0 Å². The van der Waals surface area contributed by atoms with E-state index >= 15 is 0 Å². The minimum absolute atomic E-state index is 0.403. The summed E-state index contributed by atoms with van der Waals surface area (Å²) in [5.74, 6) is 1.24. The highest BCUT2D eigenvalue weighted by Gasteiger charge is 2.11. The fraction of sp³-hybridized carbons (Fsp3) is 0.0385. The Morgan fingerprint density at radius 3 is 2.45 bits per heavy atom. The number of pyridine rings is 1. The van der Waals surface area contributed by atoms with E-state index in [-0.39, 0.29) is 0 Å². The third-order valence-corrected chi connectivity index (χ3v) is 4.91. The summed E-state index contributed by atoms with van der Waals surface area (Å²) in [7, 11) is 0. The van der Waals surface area contributed by atoms with Gasteiger partial charge < -0.3 is 9.15 Å². The normalized spacial score (nSPS) is 11.5. The van der Waals surface area contributed by atoms with Crippen molar-refractivity contribution < 1.29 is 9.15 Å². The van der Waals surface area contributed by atoms with Gasteiger partial charge in [0.2, 0.25) is 12.3 Å². The van der Waals surface area contributed by atoms with Gasteiger partial charge in [-0.25, -0.2) is 4.98 Å². The molecule has 31 heavy (non-hydrogen) atoms. The highest BCUT2D eigenvalue weighted by molar-refractivity contribution is 5.88. The summed E-state index contributed by atoms with van der Waals surface area (Å²) in [5, 5.41) is 9.03. The zero-order chi connectivity index (χ0) is 20.9. The first kappa shape index (κ1) is 18.8. The molecule has 3 aromatic carbocycles. The summed E-state index contributed by atoms with van der Waals surface area (Å²) < 4.78 is 11.4. The Morgan fingerprint density at radius 2 is 1.65 bits per heavy atom. The average molecular weight is 405 g/mol. The molecular weight excluding hydrogens is 386 g/mol. The van der Waals surface area contributed by atoms with Gasteiger partial charge in [-0.15, -0.1) is 10.2 Å². The predicted octanol–water partition coefficient (Wildman–Crippen LogP) is 5.79. The van der Waals surface area contributed by atoms with Crippen LogP contribution in [0.2, 0.25) is 0 Å². The van der Waals surface area contributed by atoms with Crippen molar-refractivity contribution in [3.63, 3.8) is 0 Å². The zero-order valence-corrected chi connectivity index (χ0v) is 16.7. The van der Waals surface area contributed by atoms with Crippen LogP contribution in [-0.4, -0.2) is 15.2 Å². The molecule has 0 radical (unpaired) electrons. The molecule has 0 N–H and O–H groups in total. The molecule has 2 heterocycles. The SMILES string of the molecule is C(=C(c1ccc(OCc2ccc3ccccc3n2)cc1)c1nnco1)c1ccccc1. The van der Waals surface area contributed by atoms with Crippen molar-refractivity contribution in [3.05, 3.63) is 120 Å². The second-order valence-corrected chi connectivity index (χ2v) is 7.02. The fourth-order valence-electron chi connectivity index (χ4n) is 3.35. The quantitative estimate of drug-likeness (QED) is 0.335. The van der Waals surface area contributed by atoms with Gasteiger partial charge in [0.05, 0.1) is 11.2 Å². The van der Waals surface area contributed by atoms with Gasteiger partial charge in [0.15, 0.2) is 0 Å². The molecule has 0 aliphatic carbocycles. The van der Waals surface area contributed by atoms with Crippen molar-refractivity contribution in [2.75, 3.05) is 0 Å². The predicted molar refractivity (Wildman–Crippen MR) is 120 cm³/mol. The first-order valence-corrected chi connectivity index (χ1v) is 9.96. The largest absolute Gasteiger partial charge is 0.487 e. The van der Waals surface area contributed by atoms with E-state index in [1.165, 1.54) is 6.39 Å². The molecule has 0 spiro atoms. The topological polar surface area (TPSA) is 61.0 Å². The van der Waals surface area contributed by atoms with Gasteiger partial charge in [-0.1, -0.05) is 66.7 Å². The summed E-state index contributed by atoms with van der Waals surface area (Å²) >= 11 is 0. The first-order chi connectivity index (χ1) is 15.3. The van der Waals surface area contributed by atoms with E-state index in [2.05, 4.69) is 27.3 Å². The molecule has 150 valence electrons. The maximum atomic E-state index is 5.95. The van der Waals surface area contributed by atoms with Gasteiger partial charge in [-0.3, -0.25) is 0 Å². The number of benzene rings is 3. The Bertz CT molecular complexity index is 1310. The summed E-state index contributed by atoms with van der Waals surface area (Å²) in [4.78, 5) is 4.65. The number of hydrogen-bond donors (Lipinski definition) is 0. The van der Waals surface area contributed by atoms with Crippen molar-refractivity contribution in [1.82, 2.24) is 15.2 Å². The molecule has 0 aliphatic heterocycles. The molecule has 0 bridgehead atoms. The van der Waals surface area contributed by atoms with Gasteiger partial charge >= 0.3 is 0 Å². The number of rotatable bonds is 6. The van der Waals surface area contributed by atoms with E-state index in [1.807, 2.05) is 84.9 Å². The first-order valence-electron chi connectivity index (χ1n) is 9.96. The van der Waals surface area contributed by atoms with Crippen LogP contribution < -0.4 is 4.74 Å². The summed E-state index contributed by atoms with van der Waals surface area (Å²) in [6, 6.07) is 30.0. The zero-order valence-electron chi connectivity index (χ0n) is 16.7. The standard InChI is InChI=1S/C26H19N3O2/c1-2-6-19(7-3-1)16-24(26-29-27-18-31-26)20-11-14-23(15-12-20)30-17-22-13-10-21-8-4-5-9-25(21)28-22/h1-16,18H,17H2. The number of para-hydroxylation sites is 1. The summed E-state index contributed by atoms with van der Waals surface area (Å²) in [6.45, 7) is 0.403. The number of hydrogen-bond acceptors (Lipinski definition) is 5. The molecule has 5 aromatic rings. The lowest BCUT2D eigenvalue weighted by Crippen LogP contribution is -1.98. The van der Waals surface area contributed by atoms with Crippen LogP contribution in [0.25, 0.3) is 22.6 Å². The van der Waals surface area contributed by atoms with Crippen molar-refractivity contribution in [1.29, 1.82) is 0 Å². The Labute approximate surface area is 179 Å². The summed E-state index contributed by atoms with van der Waals surface area (Å²) in [5.41, 5.74) is 4.72. The molecule has 0 saturated heterocycles.